The third kappa shape index (κ3) is 3.92. The van der Waals surface area contributed by atoms with Gasteiger partial charge in [0.1, 0.15) is 11.8 Å². The van der Waals surface area contributed by atoms with Gasteiger partial charge in [0.15, 0.2) is 0 Å². The number of fused-ring (bicyclic) bond motifs is 1. The van der Waals surface area contributed by atoms with Gasteiger partial charge < -0.3 is 4.74 Å². The highest BCUT2D eigenvalue weighted by Gasteiger charge is 2.40. The van der Waals surface area contributed by atoms with Crippen LogP contribution >= 0.6 is 0 Å². The van der Waals surface area contributed by atoms with E-state index in [1.165, 1.54) is 30.0 Å². The van der Waals surface area contributed by atoms with Crippen LogP contribution in [0.2, 0.25) is 0 Å². The summed E-state index contributed by atoms with van der Waals surface area (Å²) in [7, 11) is -4.01. The molecule has 144 valence electrons. The Kier molecular flexibility index (Phi) is 5.68. The van der Waals surface area contributed by atoms with Crippen molar-refractivity contribution in [2.45, 2.75) is 37.2 Å². The third-order valence-corrected chi connectivity index (χ3v) is 6.09. The molecule has 0 saturated carbocycles. The molecular weight excluding hydrogens is 372 g/mol. The predicted molar refractivity (Wildman–Crippen MR) is 94.4 cm³/mol. The fraction of sp³-hybridized carbons (Fsp3) is 0.353. The monoisotopic (exact) mass is 392 g/mol. The molecule has 1 aromatic heterocycles. The first-order valence-electron chi connectivity index (χ1n) is 8.44. The number of sulfonamides is 1. The number of nitrogens with one attached hydrogen (secondary N) is 1. The predicted octanol–water partition coefficient (Wildman–Crippen LogP) is 0.886. The average molecular weight is 392 g/mol. The number of hydroxylamine groups is 1. The number of ether oxygens (including phenoxy) is 1. The Bertz CT molecular complexity index is 917. The van der Waals surface area contributed by atoms with Gasteiger partial charge in [-0.05, 0) is 30.7 Å². The lowest BCUT2D eigenvalue weighted by Crippen LogP contribution is -2.52. The Morgan fingerprint density at radius 3 is 2.56 bits per heavy atom. The first-order chi connectivity index (χ1) is 13.0. The van der Waals surface area contributed by atoms with Gasteiger partial charge in [-0.25, -0.2) is 13.9 Å². The average Bonchev–Trinajstić information content (AvgIpc) is 2.71. The molecule has 2 N–H and O–H groups in total. The number of hydrogen-bond acceptors (Lipinski definition) is 7. The van der Waals surface area contributed by atoms with Crippen molar-refractivity contribution >= 4 is 15.9 Å². The van der Waals surface area contributed by atoms with Crippen molar-refractivity contribution in [2.24, 2.45) is 0 Å². The van der Waals surface area contributed by atoms with E-state index in [1.54, 1.807) is 12.1 Å². The molecule has 27 heavy (non-hydrogen) atoms. The van der Waals surface area contributed by atoms with Crippen LogP contribution in [0.1, 0.15) is 24.7 Å². The maximum atomic E-state index is 13.1. The van der Waals surface area contributed by atoms with E-state index in [2.05, 4.69) is 9.97 Å². The maximum Gasteiger partial charge on any atom is 0.262 e. The summed E-state index contributed by atoms with van der Waals surface area (Å²) in [6.07, 6.45) is 3.81. The van der Waals surface area contributed by atoms with Gasteiger partial charge in [-0.1, -0.05) is 6.92 Å². The van der Waals surface area contributed by atoms with E-state index in [0.29, 0.717) is 23.7 Å². The van der Waals surface area contributed by atoms with Crippen molar-refractivity contribution in [3.63, 3.8) is 0 Å². The quantitative estimate of drug-likeness (QED) is 0.553. The Labute approximate surface area is 157 Å². The summed E-state index contributed by atoms with van der Waals surface area (Å²) < 4.78 is 32.7. The van der Waals surface area contributed by atoms with E-state index in [4.69, 9.17) is 9.94 Å². The van der Waals surface area contributed by atoms with Crippen molar-refractivity contribution in [1.29, 1.82) is 0 Å². The molecule has 0 bridgehead atoms. The van der Waals surface area contributed by atoms with Gasteiger partial charge in [-0.2, -0.15) is 4.31 Å². The van der Waals surface area contributed by atoms with Gasteiger partial charge in [-0.15, -0.1) is 0 Å². The van der Waals surface area contributed by atoms with Crippen molar-refractivity contribution < 1.29 is 23.2 Å². The molecule has 3 rings (SSSR count). The van der Waals surface area contributed by atoms with E-state index in [1.807, 2.05) is 6.92 Å². The summed E-state index contributed by atoms with van der Waals surface area (Å²) >= 11 is 0. The van der Waals surface area contributed by atoms with Crippen LogP contribution in [0.4, 0.5) is 0 Å². The number of nitrogens with zero attached hydrogens (tertiary/aromatic N) is 3. The summed E-state index contributed by atoms with van der Waals surface area (Å²) in [4.78, 5) is 20.4. The van der Waals surface area contributed by atoms with Crippen LogP contribution in [-0.2, 0) is 27.8 Å². The minimum atomic E-state index is -4.01. The molecule has 1 aliphatic rings. The van der Waals surface area contributed by atoms with E-state index in [0.717, 1.165) is 10.7 Å². The highest BCUT2D eigenvalue weighted by atomic mass is 32.2. The van der Waals surface area contributed by atoms with Gasteiger partial charge in [0.05, 0.1) is 29.4 Å². The standard InChI is InChI=1S/C17H20N4O5S/c1-2-9-26-12-3-5-13(6-4-12)27(24,25)21-11-15-14(18-7-8-19-15)10-16(21)17(22)20-23/h3-8,16,23H,2,9-11H2,1H3,(H,20,22). The lowest BCUT2D eigenvalue weighted by molar-refractivity contribution is -0.133. The highest BCUT2D eigenvalue weighted by molar-refractivity contribution is 7.89. The van der Waals surface area contributed by atoms with E-state index in [9.17, 15) is 13.2 Å². The van der Waals surface area contributed by atoms with Crippen LogP contribution in [0.25, 0.3) is 0 Å². The Morgan fingerprint density at radius 2 is 1.93 bits per heavy atom. The number of hydrogen-bond donors (Lipinski definition) is 2. The molecule has 0 aliphatic carbocycles. The Hall–Kier alpha value is -2.56. The lowest BCUT2D eigenvalue weighted by atomic mass is 10.0. The summed E-state index contributed by atoms with van der Waals surface area (Å²) in [5.74, 6) is -0.256. The Balaban J connectivity index is 1.94. The molecule has 0 fully saturated rings. The molecule has 1 aliphatic heterocycles. The van der Waals surface area contributed by atoms with Gasteiger partial charge >= 0.3 is 0 Å². The second kappa shape index (κ2) is 7.99. The number of aromatic nitrogens is 2. The SMILES string of the molecule is CCCOc1ccc(S(=O)(=O)N2Cc3nccnc3CC2C(=O)NO)cc1. The topological polar surface area (TPSA) is 122 Å². The van der Waals surface area contributed by atoms with Crippen LogP contribution < -0.4 is 10.2 Å². The maximum absolute atomic E-state index is 13.1. The van der Waals surface area contributed by atoms with Gasteiger partial charge in [-0.3, -0.25) is 20.0 Å². The normalized spacial score (nSPS) is 17.2. The number of rotatable bonds is 6. The fourth-order valence-corrected chi connectivity index (χ4v) is 4.40. The van der Waals surface area contributed by atoms with Gasteiger partial charge in [0.25, 0.3) is 5.91 Å². The van der Waals surface area contributed by atoms with E-state index < -0.39 is 22.0 Å². The first kappa shape index (κ1) is 19.2. The molecule has 1 amide bonds. The molecule has 0 spiro atoms. The van der Waals surface area contributed by atoms with Gasteiger partial charge in [0, 0.05) is 18.8 Å². The van der Waals surface area contributed by atoms with Crippen LogP contribution in [0, 0.1) is 0 Å². The summed E-state index contributed by atoms with van der Waals surface area (Å²) in [5, 5.41) is 9.03. The summed E-state index contributed by atoms with van der Waals surface area (Å²) in [6, 6.07) is 4.88. The molecule has 0 radical (unpaired) electrons. The summed E-state index contributed by atoms with van der Waals surface area (Å²) in [6.45, 7) is 2.40. The molecule has 2 heterocycles. The van der Waals surface area contributed by atoms with Crippen LogP contribution in [0.3, 0.4) is 0 Å². The van der Waals surface area contributed by atoms with Crippen molar-refractivity contribution in [3.05, 3.63) is 48.0 Å². The first-order valence-corrected chi connectivity index (χ1v) is 9.88. The highest BCUT2D eigenvalue weighted by Crippen LogP contribution is 2.28. The van der Waals surface area contributed by atoms with Crippen LogP contribution in [-0.4, -0.2) is 46.5 Å². The third-order valence-electron chi connectivity index (χ3n) is 4.22. The van der Waals surface area contributed by atoms with Crippen LogP contribution in [0.5, 0.6) is 5.75 Å². The number of carbonyl (C=O) groups excluding carboxylic acids is 1. The van der Waals surface area contributed by atoms with Crippen molar-refractivity contribution in [1.82, 2.24) is 19.8 Å². The number of amides is 1. The molecular formula is C17H20N4O5S. The zero-order chi connectivity index (χ0) is 19.4. The molecule has 1 unspecified atom stereocenters. The zero-order valence-electron chi connectivity index (χ0n) is 14.7. The van der Waals surface area contributed by atoms with Gasteiger partial charge in [0.2, 0.25) is 10.0 Å². The zero-order valence-corrected chi connectivity index (χ0v) is 15.5. The largest absolute Gasteiger partial charge is 0.494 e. The molecule has 0 saturated heterocycles. The smallest absolute Gasteiger partial charge is 0.262 e. The van der Waals surface area contributed by atoms with Crippen LogP contribution in [0.15, 0.2) is 41.6 Å². The molecule has 1 aromatic carbocycles. The fourth-order valence-electron chi connectivity index (χ4n) is 2.85. The van der Waals surface area contributed by atoms with Crippen molar-refractivity contribution in [3.8, 4) is 5.75 Å². The minimum absolute atomic E-state index is 0.0203. The second-order valence-corrected chi connectivity index (χ2v) is 7.91. The van der Waals surface area contributed by atoms with E-state index >= 15 is 0 Å². The Morgan fingerprint density at radius 1 is 1.26 bits per heavy atom. The van der Waals surface area contributed by atoms with Crippen molar-refractivity contribution in [2.75, 3.05) is 6.61 Å². The molecule has 1 atom stereocenters. The molecule has 2 aromatic rings. The number of carbonyl (C=O) groups is 1. The molecule has 10 heteroatoms. The molecule has 9 nitrogen and oxygen atoms in total. The number of benzene rings is 1. The second-order valence-electron chi connectivity index (χ2n) is 6.02. The lowest BCUT2D eigenvalue weighted by Gasteiger charge is -2.33. The van der Waals surface area contributed by atoms with E-state index in [-0.39, 0.29) is 17.9 Å². The minimum Gasteiger partial charge on any atom is -0.494 e. The summed E-state index contributed by atoms with van der Waals surface area (Å²) in [5.41, 5.74) is 2.54.